The summed E-state index contributed by atoms with van der Waals surface area (Å²) < 4.78 is 0. The summed E-state index contributed by atoms with van der Waals surface area (Å²) >= 11 is 0. The second kappa shape index (κ2) is 8.41. The van der Waals surface area contributed by atoms with E-state index in [0.717, 1.165) is 39.1 Å². The standard InChI is InChI=1S/C14H25N5O2/c1-4-17(5-2)10-7-11-18(6-3)13-9-8-12(19(20)21)14(15)16-13/h8-9H,4-7,10-11H2,1-3H3,(H2,15,16). The maximum Gasteiger partial charge on any atom is 0.311 e. The Kier molecular flexibility index (Phi) is 6.87. The Morgan fingerprint density at radius 1 is 1.19 bits per heavy atom. The average Bonchev–Trinajstić information content (AvgIpc) is 2.47. The van der Waals surface area contributed by atoms with Crippen molar-refractivity contribution in [2.45, 2.75) is 27.2 Å². The fraction of sp³-hybridized carbons (Fsp3) is 0.643. The van der Waals surface area contributed by atoms with Gasteiger partial charge in [-0.25, -0.2) is 4.98 Å². The molecule has 118 valence electrons. The number of anilines is 2. The smallest absolute Gasteiger partial charge is 0.311 e. The lowest BCUT2D eigenvalue weighted by Crippen LogP contribution is -2.30. The fourth-order valence-electron chi connectivity index (χ4n) is 2.25. The van der Waals surface area contributed by atoms with Crippen LogP contribution >= 0.6 is 0 Å². The van der Waals surface area contributed by atoms with Crippen molar-refractivity contribution in [3.8, 4) is 0 Å². The third-order valence-electron chi connectivity index (χ3n) is 3.59. The number of nitrogens with two attached hydrogens (primary N) is 1. The zero-order chi connectivity index (χ0) is 15.8. The minimum atomic E-state index is -0.511. The van der Waals surface area contributed by atoms with Gasteiger partial charge in [0.2, 0.25) is 5.82 Å². The number of nitro groups is 1. The van der Waals surface area contributed by atoms with Gasteiger partial charge in [-0.05, 0) is 39.0 Å². The molecule has 2 N–H and O–H groups in total. The highest BCUT2D eigenvalue weighted by Crippen LogP contribution is 2.22. The van der Waals surface area contributed by atoms with Crippen LogP contribution in [0.4, 0.5) is 17.3 Å². The minimum Gasteiger partial charge on any atom is -0.378 e. The molecular formula is C14H25N5O2. The average molecular weight is 295 g/mol. The summed E-state index contributed by atoms with van der Waals surface area (Å²) in [6.45, 7) is 11.1. The molecule has 0 unspecified atom stereocenters. The van der Waals surface area contributed by atoms with Crippen molar-refractivity contribution >= 4 is 17.3 Å². The van der Waals surface area contributed by atoms with Gasteiger partial charge in [-0.1, -0.05) is 13.8 Å². The molecule has 0 atom stereocenters. The molecule has 1 aromatic heterocycles. The molecular weight excluding hydrogens is 270 g/mol. The number of pyridine rings is 1. The number of hydrogen-bond donors (Lipinski definition) is 1. The second-order valence-electron chi connectivity index (χ2n) is 4.79. The lowest BCUT2D eigenvalue weighted by molar-refractivity contribution is -0.384. The molecule has 0 aliphatic rings. The van der Waals surface area contributed by atoms with E-state index in [9.17, 15) is 10.1 Å². The molecule has 0 fully saturated rings. The number of nitrogens with zero attached hydrogens (tertiary/aromatic N) is 4. The molecule has 0 spiro atoms. The van der Waals surface area contributed by atoms with E-state index in [1.54, 1.807) is 6.07 Å². The van der Waals surface area contributed by atoms with Crippen molar-refractivity contribution < 1.29 is 4.92 Å². The highest BCUT2D eigenvalue weighted by atomic mass is 16.6. The maximum absolute atomic E-state index is 10.8. The third-order valence-corrected chi connectivity index (χ3v) is 3.59. The van der Waals surface area contributed by atoms with Crippen LogP contribution in [0.5, 0.6) is 0 Å². The molecule has 0 aromatic carbocycles. The summed E-state index contributed by atoms with van der Waals surface area (Å²) in [5, 5.41) is 10.8. The molecule has 0 bridgehead atoms. The molecule has 1 aromatic rings. The van der Waals surface area contributed by atoms with Crippen LogP contribution in [0, 0.1) is 10.1 Å². The number of aromatic nitrogens is 1. The van der Waals surface area contributed by atoms with Crippen LogP contribution in [0.25, 0.3) is 0 Å². The van der Waals surface area contributed by atoms with Gasteiger partial charge in [0.25, 0.3) is 0 Å². The normalized spacial score (nSPS) is 10.9. The maximum atomic E-state index is 10.8. The topological polar surface area (TPSA) is 88.5 Å². The van der Waals surface area contributed by atoms with Crippen molar-refractivity contribution in [1.29, 1.82) is 0 Å². The van der Waals surface area contributed by atoms with Gasteiger partial charge in [-0.2, -0.15) is 0 Å². The largest absolute Gasteiger partial charge is 0.378 e. The molecule has 21 heavy (non-hydrogen) atoms. The molecule has 0 saturated heterocycles. The molecule has 7 nitrogen and oxygen atoms in total. The molecule has 0 aliphatic heterocycles. The SMILES string of the molecule is CCN(CC)CCCN(CC)c1ccc([N+](=O)[O-])c(N)n1. The van der Waals surface area contributed by atoms with Gasteiger partial charge >= 0.3 is 5.69 Å². The van der Waals surface area contributed by atoms with E-state index in [2.05, 4.69) is 28.6 Å². The van der Waals surface area contributed by atoms with Crippen molar-refractivity contribution in [3.05, 3.63) is 22.2 Å². The zero-order valence-electron chi connectivity index (χ0n) is 13.1. The highest BCUT2D eigenvalue weighted by Gasteiger charge is 2.15. The van der Waals surface area contributed by atoms with E-state index in [0.29, 0.717) is 5.82 Å². The molecule has 1 rings (SSSR count). The second-order valence-corrected chi connectivity index (χ2v) is 4.79. The third kappa shape index (κ3) is 4.86. The van der Waals surface area contributed by atoms with E-state index in [-0.39, 0.29) is 11.5 Å². The van der Waals surface area contributed by atoms with Gasteiger partial charge in [-0.3, -0.25) is 10.1 Å². The van der Waals surface area contributed by atoms with E-state index in [1.807, 2.05) is 6.92 Å². The summed E-state index contributed by atoms with van der Waals surface area (Å²) in [5.41, 5.74) is 5.51. The predicted octanol–water partition coefficient (Wildman–Crippen LogP) is 2.13. The van der Waals surface area contributed by atoms with Gasteiger partial charge in [0.05, 0.1) is 4.92 Å². The van der Waals surface area contributed by atoms with Gasteiger partial charge in [0.1, 0.15) is 5.82 Å². The zero-order valence-corrected chi connectivity index (χ0v) is 13.1. The molecule has 0 saturated carbocycles. The van der Waals surface area contributed by atoms with Crippen molar-refractivity contribution in [1.82, 2.24) is 9.88 Å². The molecule has 0 radical (unpaired) electrons. The quantitative estimate of drug-likeness (QED) is 0.554. The van der Waals surface area contributed by atoms with E-state index >= 15 is 0 Å². The van der Waals surface area contributed by atoms with Gasteiger partial charge in [0.15, 0.2) is 0 Å². The van der Waals surface area contributed by atoms with Crippen molar-refractivity contribution in [3.63, 3.8) is 0 Å². The van der Waals surface area contributed by atoms with Crippen LogP contribution in [-0.2, 0) is 0 Å². The Labute approximate surface area is 125 Å². The first-order chi connectivity index (χ1) is 10.0. The molecule has 7 heteroatoms. The predicted molar refractivity (Wildman–Crippen MR) is 85.6 cm³/mol. The van der Waals surface area contributed by atoms with Crippen molar-refractivity contribution in [2.24, 2.45) is 0 Å². The summed E-state index contributed by atoms with van der Waals surface area (Å²) in [5.74, 6) is 0.667. The van der Waals surface area contributed by atoms with Crippen LogP contribution in [0.3, 0.4) is 0 Å². The molecule has 0 amide bonds. The fourth-order valence-corrected chi connectivity index (χ4v) is 2.25. The first kappa shape index (κ1) is 17.2. The van der Waals surface area contributed by atoms with Gasteiger partial charge in [-0.15, -0.1) is 0 Å². The van der Waals surface area contributed by atoms with Crippen LogP contribution in [0.15, 0.2) is 12.1 Å². The van der Waals surface area contributed by atoms with E-state index in [4.69, 9.17) is 5.73 Å². The van der Waals surface area contributed by atoms with Crippen LogP contribution in [0.1, 0.15) is 27.2 Å². The first-order valence-electron chi connectivity index (χ1n) is 7.41. The Bertz CT molecular complexity index is 463. The minimum absolute atomic E-state index is 0.0281. The molecule has 1 heterocycles. The van der Waals surface area contributed by atoms with Gasteiger partial charge < -0.3 is 15.5 Å². The lowest BCUT2D eigenvalue weighted by atomic mass is 10.3. The monoisotopic (exact) mass is 295 g/mol. The Balaban J connectivity index is 2.68. The lowest BCUT2D eigenvalue weighted by Gasteiger charge is -2.24. The van der Waals surface area contributed by atoms with Crippen molar-refractivity contribution in [2.75, 3.05) is 43.4 Å². The van der Waals surface area contributed by atoms with E-state index < -0.39 is 4.92 Å². The Hall–Kier alpha value is -1.89. The van der Waals surface area contributed by atoms with Crippen LogP contribution < -0.4 is 10.6 Å². The Morgan fingerprint density at radius 2 is 1.86 bits per heavy atom. The Morgan fingerprint density at radius 3 is 2.33 bits per heavy atom. The summed E-state index contributed by atoms with van der Waals surface area (Å²) in [6.07, 6.45) is 1.02. The number of nitrogen functional groups attached to an aromatic ring is 1. The summed E-state index contributed by atoms with van der Waals surface area (Å²) in [4.78, 5) is 18.8. The number of rotatable bonds is 9. The van der Waals surface area contributed by atoms with E-state index in [1.165, 1.54) is 6.07 Å². The van der Waals surface area contributed by atoms with Crippen LogP contribution in [-0.4, -0.2) is 47.5 Å². The van der Waals surface area contributed by atoms with Crippen LogP contribution in [0.2, 0.25) is 0 Å². The van der Waals surface area contributed by atoms with Gasteiger partial charge in [0, 0.05) is 19.2 Å². The first-order valence-corrected chi connectivity index (χ1v) is 7.41. The number of hydrogen-bond acceptors (Lipinski definition) is 6. The summed E-state index contributed by atoms with van der Waals surface area (Å²) in [7, 11) is 0. The highest BCUT2D eigenvalue weighted by molar-refractivity contribution is 5.57. The molecule has 0 aliphatic carbocycles. The summed E-state index contributed by atoms with van der Waals surface area (Å²) in [6, 6.07) is 3.08.